The fourth-order valence-electron chi connectivity index (χ4n) is 3.08. The van der Waals surface area contributed by atoms with Crippen LogP contribution >= 0.6 is 0 Å². The monoisotopic (exact) mass is 425 g/mol. The van der Waals surface area contributed by atoms with Crippen LogP contribution in [0.5, 0.6) is 0 Å². The first-order valence-corrected chi connectivity index (χ1v) is 9.34. The number of nitrogens with zero attached hydrogens (tertiary/aromatic N) is 3. The van der Waals surface area contributed by atoms with Crippen LogP contribution in [-0.2, 0) is 9.59 Å². The number of carboxylic acids is 1. The van der Waals surface area contributed by atoms with Crippen LogP contribution in [0, 0.1) is 10.1 Å². The summed E-state index contributed by atoms with van der Waals surface area (Å²) in [4.78, 5) is 52.3. The number of hydrogen-bond donors (Lipinski definition) is 3. The van der Waals surface area contributed by atoms with Gasteiger partial charge in [0, 0.05) is 24.4 Å². The SMILES string of the molecule is O=C(N/C(=C\Nc1ccc([N+](=O)[O-])cn1)C(=O)N1CCC[C@H]1C(=O)O)c1ccccc1. The lowest BCUT2D eigenvalue weighted by Crippen LogP contribution is -2.44. The van der Waals surface area contributed by atoms with Crippen LogP contribution in [0.15, 0.2) is 60.6 Å². The van der Waals surface area contributed by atoms with E-state index in [0.717, 1.165) is 6.20 Å². The highest BCUT2D eigenvalue weighted by Gasteiger charge is 2.35. The van der Waals surface area contributed by atoms with Gasteiger partial charge in [0.15, 0.2) is 0 Å². The van der Waals surface area contributed by atoms with Gasteiger partial charge in [0.1, 0.15) is 23.8 Å². The summed E-state index contributed by atoms with van der Waals surface area (Å²) in [7, 11) is 0. The van der Waals surface area contributed by atoms with E-state index < -0.39 is 28.7 Å². The van der Waals surface area contributed by atoms with Gasteiger partial charge in [0.25, 0.3) is 17.5 Å². The number of carbonyl (C=O) groups excluding carboxylic acids is 2. The number of anilines is 1. The maximum absolute atomic E-state index is 13.0. The van der Waals surface area contributed by atoms with Crippen LogP contribution in [0.1, 0.15) is 23.2 Å². The Hall–Kier alpha value is -4.28. The molecule has 3 N–H and O–H groups in total. The van der Waals surface area contributed by atoms with E-state index in [0.29, 0.717) is 18.4 Å². The fourth-order valence-corrected chi connectivity index (χ4v) is 3.08. The molecule has 11 nitrogen and oxygen atoms in total. The van der Waals surface area contributed by atoms with Gasteiger partial charge in [-0.1, -0.05) is 18.2 Å². The average molecular weight is 425 g/mol. The predicted octanol–water partition coefficient (Wildman–Crippen LogP) is 1.75. The van der Waals surface area contributed by atoms with Crippen LogP contribution in [0.25, 0.3) is 0 Å². The van der Waals surface area contributed by atoms with Crippen molar-refractivity contribution < 1.29 is 24.4 Å². The van der Waals surface area contributed by atoms with Gasteiger partial charge in [0.05, 0.1) is 4.92 Å². The quantitative estimate of drug-likeness (QED) is 0.344. The molecule has 31 heavy (non-hydrogen) atoms. The summed E-state index contributed by atoms with van der Waals surface area (Å²) >= 11 is 0. The van der Waals surface area contributed by atoms with Crippen molar-refractivity contribution in [2.24, 2.45) is 0 Å². The zero-order chi connectivity index (χ0) is 22.4. The third kappa shape index (κ3) is 5.21. The lowest BCUT2D eigenvalue weighted by atomic mass is 10.2. The molecule has 11 heteroatoms. The van der Waals surface area contributed by atoms with Crippen molar-refractivity contribution in [1.29, 1.82) is 0 Å². The minimum atomic E-state index is -1.12. The Labute approximate surface area is 176 Å². The molecule has 160 valence electrons. The normalized spacial score (nSPS) is 15.9. The van der Waals surface area contributed by atoms with Gasteiger partial charge in [-0.05, 0) is 31.0 Å². The second-order valence-corrected chi connectivity index (χ2v) is 6.68. The second kappa shape index (κ2) is 9.48. The summed E-state index contributed by atoms with van der Waals surface area (Å²) in [5, 5.41) is 25.3. The van der Waals surface area contributed by atoms with Gasteiger partial charge < -0.3 is 20.6 Å². The first-order valence-electron chi connectivity index (χ1n) is 9.34. The van der Waals surface area contributed by atoms with Crippen molar-refractivity contribution in [3.05, 3.63) is 76.2 Å². The van der Waals surface area contributed by atoms with Crippen molar-refractivity contribution in [2.75, 3.05) is 11.9 Å². The topological polar surface area (TPSA) is 155 Å². The van der Waals surface area contributed by atoms with Crippen LogP contribution in [-0.4, -0.2) is 50.3 Å². The standard InChI is InChI=1S/C20H19N5O6/c26-18(13-5-2-1-3-6-13)23-15(19(27)24-10-4-7-16(24)20(28)29)12-22-17-9-8-14(11-21-17)25(30)31/h1-3,5-6,8-9,11-12,16H,4,7,10H2,(H,21,22)(H,23,26)(H,28,29)/b15-12-/t16-/m0/s1. The predicted molar refractivity (Wildman–Crippen MR) is 109 cm³/mol. The van der Waals surface area contributed by atoms with Gasteiger partial charge in [-0.2, -0.15) is 0 Å². The maximum Gasteiger partial charge on any atom is 0.326 e. The minimum Gasteiger partial charge on any atom is -0.480 e. The Kier molecular flexibility index (Phi) is 6.55. The van der Waals surface area contributed by atoms with Gasteiger partial charge in [-0.25, -0.2) is 9.78 Å². The Bertz CT molecular complexity index is 1020. The Balaban J connectivity index is 1.85. The molecule has 0 bridgehead atoms. The molecule has 2 heterocycles. The number of likely N-dealkylation sites (tertiary alicyclic amines) is 1. The molecule has 2 aromatic rings. The molecule has 1 atom stereocenters. The maximum atomic E-state index is 13.0. The van der Waals surface area contributed by atoms with E-state index in [1.807, 2.05) is 0 Å². The van der Waals surface area contributed by atoms with Crippen molar-refractivity contribution in [3.63, 3.8) is 0 Å². The number of nitrogens with one attached hydrogen (secondary N) is 2. The van der Waals surface area contributed by atoms with E-state index in [1.54, 1.807) is 30.3 Å². The second-order valence-electron chi connectivity index (χ2n) is 6.68. The number of aromatic nitrogens is 1. The molecular weight excluding hydrogens is 406 g/mol. The van der Waals surface area contributed by atoms with Crippen LogP contribution < -0.4 is 10.6 Å². The van der Waals surface area contributed by atoms with Gasteiger partial charge in [0.2, 0.25) is 0 Å². The molecule has 1 saturated heterocycles. The van der Waals surface area contributed by atoms with E-state index in [1.165, 1.54) is 23.2 Å². The number of pyridine rings is 1. The van der Waals surface area contributed by atoms with Gasteiger partial charge in [-0.3, -0.25) is 19.7 Å². The number of nitro groups is 1. The Morgan fingerprint density at radius 2 is 1.94 bits per heavy atom. The number of amides is 2. The summed E-state index contributed by atoms with van der Waals surface area (Å²) in [5.74, 6) is -2.14. The molecule has 1 fully saturated rings. The largest absolute Gasteiger partial charge is 0.480 e. The molecule has 0 spiro atoms. The number of rotatable bonds is 7. The first kappa shape index (κ1) is 21.4. The molecule has 1 aromatic carbocycles. The highest BCUT2D eigenvalue weighted by Crippen LogP contribution is 2.20. The van der Waals surface area contributed by atoms with Gasteiger partial charge >= 0.3 is 5.97 Å². The molecule has 0 radical (unpaired) electrons. The minimum absolute atomic E-state index is 0.179. The Morgan fingerprint density at radius 1 is 1.19 bits per heavy atom. The number of hydrogen-bond acceptors (Lipinski definition) is 7. The first-order chi connectivity index (χ1) is 14.9. The zero-order valence-electron chi connectivity index (χ0n) is 16.2. The van der Waals surface area contributed by atoms with E-state index >= 15 is 0 Å². The highest BCUT2D eigenvalue weighted by molar-refractivity contribution is 6.03. The number of carbonyl (C=O) groups is 3. The molecule has 1 aliphatic rings. The average Bonchev–Trinajstić information content (AvgIpc) is 3.27. The number of aliphatic carboxylic acids is 1. The van der Waals surface area contributed by atoms with Crippen molar-refractivity contribution in [2.45, 2.75) is 18.9 Å². The highest BCUT2D eigenvalue weighted by atomic mass is 16.6. The van der Waals surface area contributed by atoms with Crippen molar-refractivity contribution in [1.82, 2.24) is 15.2 Å². The summed E-state index contributed by atoms with van der Waals surface area (Å²) in [6.45, 7) is 0.240. The number of carboxylic acid groups (broad SMARTS) is 1. The fraction of sp³-hybridized carbons (Fsp3) is 0.200. The van der Waals surface area contributed by atoms with Crippen LogP contribution in [0.4, 0.5) is 11.5 Å². The molecular formula is C20H19N5O6. The van der Waals surface area contributed by atoms with E-state index in [2.05, 4.69) is 15.6 Å². The number of benzene rings is 1. The van der Waals surface area contributed by atoms with E-state index in [9.17, 15) is 29.6 Å². The van der Waals surface area contributed by atoms with Crippen LogP contribution in [0.2, 0.25) is 0 Å². The lowest BCUT2D eigenvalue weighted by molar-refractivity contribution is -0.385. The van der Waals surface area contributed by atoms with Crippen LogP contribution in [0.3, 0.4) is 0 Å². The summed E-state index contributed by atoms with van der Waals surface area (Å²) in [6, 6.07) is 9.79. The molecule has 0 aliphatic carbocycles. The molecule has 1 aromatic heterocycles. The Morgan fingerprint density at radius 3 is 2.55 bits per heavy atom. The zero-order valence-corrected chi connectivity index (χ0v) is 16.2. The summed E-state index contributed by atoms with van der Waals surface area (Å²) in [5.41, 5.74) is -0.0717. The van der Waals surface area contributed by atoms with E-state index in [-0.39, 0.29) is 23.7 Å². The van der Waals surface area contributed by atoms with Gasteiger partial charge in [-0.15, -0.1) is 0 Å². The summed E-state index contributed by atoms with van der Waals surface area (Å²) < 4.78 is 0. The van der Waals surface area contributed by atoms with E-state index in [4.69, 9.17) is 0 Å². The lowest BCUT2D eigenvalue weighted by Gasteiger charge is -2.23. The van der Waals surface area contributed by atoms with Crippen molar-refractivity contribution >= 4 is 29.3 Å². The molecule has 0 unspecified atom stereocenters. The third-order valence-electron chi connectivity index (χ3n) is 4.64. The molecule has 3 rings (SSSR count). The third-order valence-corrected chi connectivity index (χ3v) is 4.64. The molecule has 0 saturated carbocycles. The smallest absolute Gasteiger partial charge is 0.326 e. The molecule has 2 amide bonds. The molecule has 1 aliphatic heterocycles. The summed E-state index contributed by atoms with van der Waals surface area (Å²) in [6.07, 6.45) is 3.08. The van der Waals surface area contributed by atoms with Crippen molar-refractivity contribution in [3.8, 4) is 0 Å².